The van der Waals surface area contributed by atoms with E-state index in [0.717, 1.165) is 19.3 Å². The number of hydrogen-bond donors (Lipinski definition) is 2. The van der Waals surface area contributed by atoms with Gasteiger partial charge in [0.1, 0.15) is 5.78 Å². The van der Waals surface area contributed by atoms with Crippen molar-refractivity contribution in [2.75, 3.05) is 20.6 Å². The van der Waals surface area contributed by atoms with E-state index in [1.165, 1.54) is 77.0 Å². The van der Waals surface area contributed by atoms with E-state index in [2.05, 4.69) is 12.2 Å². The second-order valence-corrected chi connectivity index (χ2v) is 12.9. The van der Waals surface area contributed by atoms with Crippen molar-refractivity contribution >= 4 is 30.9 Å². The summed E-state index contributed by atoms with van der Waals surface area (Å²) < 4.78 is 0. The summed E-state index contributed by atoms with van der Waals surface area (Å²) in [6, 6.07) is -0.666. The molecule has 1 amide bonds. The van der Waals surface area contributed by atoms with Crippen molar-refractivity contribution in [2.24, 2.45) is 0 Å². The third kappa shape index (κ3) is 23.3. The standard InChI is InChI=1S/C31H59N2O5P/c1-5-7-8-9-10-11-12-13-14-15-16-17-18-19-20-22-28(34)25-27(32-29(35)6-2)26-31(37)39(38)30(36)23-21-24-33(3)4/h27,38H,5-26H2,1-4H3,(H,32,35). The van der Waals surface area contributed by atoms with Crippen LogP contribution in [0.1, 0.15) is 149 Å². The van der Waals surface area contributed by atoms with E-state index in [0.29, 0.717) is 19.4 Å². The first-order valence-corrected chi connectivity index (χ1v) is 17.0. The van der Waals surface area contributed by atoms with Crippen LogP contribution in [-0.4, -0.2) is 59.2 Å². The van der Waals surface area contributed by atoms with Gasteiger partial charge in [-0.05, 0) is 33.5 Å². The number of hydrogen-bond acceptors (Lipinski definition) is 6. The summed E-state index contributed by atoms with van der Waals surface area (Å²) >= 11 is 0. The molecule has 2 unspecified atom stereocenters. The van der Waals surface area contributed by atoms with E-state index in [9.17, 15) is 24.1 Å². The number of amides is 1. The molecule has 2 N–H and O–H groups in total. The van der Waals surface area contributed by atoms with Gasteiger partial charge in [0.25, 0.3) is 0 Å². The van der Waals surface area contributed by atoms with E-state index in [1.807, 2.05) is 19.0 Å². The maximum atomic E-state index is 12.6. The molecule has 0 saturated carbocycles. The Kier molecular flexibility index (Phi) is 25.0. The van der Waals surface area contributed by atoms with E-state index in [4.69, 9.17) is 0 Å². The minimum atomic E-state index is -2.41. The van der Waals surface area contributed by atoms with E-state index < -0.39 is 25.2 Å². The SMILES string of the molecule is CCCCCCCCCCCCCCCCCC(=O)CC(CC(=O)P(O)C(=O)CCCN(C)C)NC(=O)CC. The largest absolute Gasteiger partial charge is 0.360 e. The molecule has 8 heteroatoms. The Morgan fingerprint density at radius 2 is 1.15 bits per heavy atom. The van der Waals surface area contributed by atoms with Gasteiger partial charge in [-0.25, -0.2) is 0 Å². The highest BCUT2D eigenvalue weighted by Gasteiger charge is 2.28. The molecule has 0 aliphatic heterocycles. The van der Waals surface area contributed by atoms with Gasteiger partial charge in [0.05, 0.1) is 0 Å². The number of carbonyl (C=O) groups is 4. The molecule has 0 heterocycles. The lowest BCUT2D eigenvalue weighted by Crippen LogP contribution is -2.37. The Morgan fingerprint density at radius 1 is 0.667 bits per heavy atom. The monoisotopic (exact) mass is 570 g/mol. The second kappa shape index (κ2) is 25.8. The normalized spacial score (nSPS) is 12.9. The number of unbranched alkanes of at least 4 members (excludes halogenated alkanes) is 14. The van der Waals surface area contributed by atoms with Crippen molar-refractivity contribution in [1.29, 1.82) is 0 Å². The smallest absolute Gasteiger partial charge is 0.219 e. The summed E-state index contributed by atoms with van der Waals surface area (Å²) in [4.78, 5) is 61.4. The minimum Gasteiger partial charge on any atom is -0.360 e. The highest BCUT2D eigenvalue weighted by molar-refractivity contribution is 7.84. The maximum absolute atomic E-state index is 12.6. The minimum absolute atomic E-state index is 0.0125. The molecule has 39 heavy (non-hydrogen) atoms. The van der Waals surface area contributed by atoms with Crippen LogP contribution in [0, 0.1) is 0 Å². The number of rotatable bonds is 28. The van der Waals surface area contributed by atoms with Gasteiger partial charge in [-0.15, -0.1) is 0 Å². The Labute approximate surface area is 240 Å². The van der Waals surface area contributed by atoms with Crippen molar-refractivity contribution in [3.8, 4) is 0 Å². The van der Waals surface area contributed by atoms with E-state index in [-0.39, 0.29) is 37.4 Å². The number of nitrogens with zero attached hydrogens (tertiary/aromatic N) is 1. The zero-order chi connectivity index (χ0) is 29.3. The van der Waals surface area contributed by atoms with Gasteiger partial charge in [0.2, 0.25) is 5.91 Å². The van der Waals surface area contributed by atoms with Crippen LogP contribution in [-0.2, 0) is 19.2 Å². The fourth-order valence-electron chi connectivity index (χ4n) is 4.66. The lowest BCUT2D eigenvalue weighted by Gasteiger charge is -2.18. The van der Waals surface area contributed by atoms with Gasteiger partial charge in [-0.2, -0.15) is 0 Å². The molecule has 0 spiro atoms. The van der Waals surface area contributed by atoms with Crippen LogP contribution in [0.2, 0.25) is 0 Å². The maximum Gasteiger partial charge on any atom is 0.219 e. The first kappa shape index (κ1) is 37.8. The zero-order valence-electron chi connectivity index (χ0n) is 25.6. The summed E-state index contributed by atoms with van der Waals surface area (Å²) in [6.07, 6.45) is 20.3. The molecule has 0 saturated heterocycles. The Morgan fingerprint density at radius 3 is 1.62 bits per heavy atom. The van der Waals surface area contributed by atoms with E-state index in [1.54, 1.807) is 6.92 Å². The molecule has 0 fully saturated rings. The third-order valence-corrected chi connectivity index (χ3v) is 8.46. The lowest BCUT2D eigenvalue weighted by molar-refractivity contribution is -0.123. The topological polar surface area (TPSA) is 104 Å². The number of nitrogens with one attached hydrogen (secondary N) is 1. The first-order valence-electron chi connectivity index (χ1n) is 15.7. The summed E-state index contributed by atoms with van der Waals surface area (Å²) in [5.74, 6) is -0.231. The summed E-state index contributed by atoms with van der Waals surface area (Å²) in [7, 11) is 1.39. The van der Waals surface area contributed by atoms with Gasteiger partial charge >= 0.3 is 0 Å². The predicted octanol–water partition coefficient (Wildman–Crippen LogP) is 7.28. The number of carbonyl (C=O) groups excluding carboxylic acids is 4. The molecule has 0 bridgehead atoms. The number of Topliss-reactive ketones (excluding diaryl/α,β-unsaturated/α-hetero) is 1. The molecule has 0 aliphatic rings. The Balaban J connectivity index is 4.11. The quantitative estimate of drug-likeness (QED) is 0.0757. The summed E-state index contributed by atoms with van der Waals surface area (Å²) in [5.41, 5.74) is -1.01. The van der Waals surface area contributed by atoms with E-state index >= 15 is 0 Å². The Bertz CT molecular complexity index is 671. The van der Waals surface area contributed by atoms with Crippen LogP contribution >= 0.6 is 8.15 Å². The van der Waals surface area contributed by atoms with Gasteiger partial charge in [-0.3, -0.25) is 19.2 Å². The first-order chi connectivity index (χ1) is 18.7. The lowest BCUT2D eigenvalue weighted by atomic mass is 10.0. The van der Waals surface area contributed by atoms with Crippen molar-refractivity contribution in [2.45, 2.75) is 155 Å². The van der Waals surface area contributed by atoms with Crippen LogP contribution in [0.5, 0.6) is 0 Å². The summed E-state index contributed by atoms with van der Waals surface area (Å²) in [6.45, 7) is 4.66. The van der Waals surface area contributed by atoms with Crippen LogP contribution in [0.15, 0.2) is 0 Å². The molecular weight excluding hydrogens is 511 g/mol. The molecule has 0 aliphatic carbocycles. The molecule has 0 radical (unpaired) electrons. The average molecular weight is 571 g/mol. The fraction of sp³-hybridized carbons (Fsp3) is 0.871. The molecule has 2 atom stereocenters. The average Bonchev–Trinajstić information content (AvgIpc) is 2.89. The second-order valence-electron chi connectivity index (χ2n) is 11.3. The van der Waals surface area contributed by atoms with Crippen molar-refractivity contribution in [1.82, 2.24) is 10.2 Å². The van der Waals surface area contributed by atoms with Crippen LogP contribution < -0.4 is 5.32 Å². The molecule has 0 aromatic heterocycles. The summed E-state index contributed by atoms with van der Waals surface area (Å²) in [5, 5.41) is 2.74. The van der Waals surface area contributed by atoms with Crippen molar-refractivity contribution in [3.63, 3.8) is 0 Å². The highest BCUT2D eigenvalue weighted by atomic mass is 31.1. The molecule has 0 aromatic carbocycles. The zero-order valence-corrected chi connectivity index (χ0v) is 26.5. The predicted molar refractivity (Wildman–Crippen MR) is 163 cm³/mol. The molecule has 7 nitrogen and oxygen atoms in total. The van der Waals surface area contributed by atoms with Gasteiger partial charge in [0.15, 0.2) is 19.2 Å². The number of ketones is 1. The third-order valence-electron chi connectivity index (χ3n) is 7.11. The molecule has 228 valence electrons. The Hall–Kier alpha value is -1.17. The highest BCUT2D eigenvalue weighted by Crippen LogP contribution is 2.36. The van der Waals surface area contributed by atoms with Crippen molar-refractivity contribution in [3.05, 3.63) is 0 Å². The van der Waals surface area contributed by atoms with Crippen LogP contribution in [0.25, 0.3) is 0 Å². The fourth-order valence-corrected chi connectivity index (χ4v) is 5.70. The van der Waals surface area contributed by atoms with Crippen molar-refractivity contribution < 1.29 is 24.1 Å². The molecule has 0 aromatic rings. The van der Waals surface area contributed by atoms with Gasteiger partial charge < -0.3 is 15.1 Å². The molecular formula is C31H59N2O5P. The van der Waals surface area contributed by atoms with Crippen LogP contribution in [0.3, 0.4) is 0 Å². The van der Waals surface area contributed by atoms with Crippen LogP contribution in [0.4, 0.5) is 0 Å². The molecule has 0 rings (SSSR count). The van der Waals surface area contributed by atoms with Gasteiger partial charge in [-0.1, -0.05) is 104 Å². The van der Waals surface area contributed by atoms with Gasteiger partial charge in [0, 0.05) is 38.1 Å².